The Hall–Kier alpha value is -1.11. The Kier molecular flexibility index (Phi) is 3.57. The molecule has 0 aliphatic heterocycles. The lowest BCUT2D eigenvalue weighted by Crippen LogP contribution is -2.29. The van der Waals surface area contributed by atoms with Gasteiger partial charge in [-0.1, -0.05) is 12.1 Å². The molecule has 1 rings (SSSR count). The highest BCUT2D eigenvalue weighted by Crippen LogP contribution is 2.30. The molecule has 0 amide bonds. The second kappa shape index (κ2) is 4.40. The Morgan fingerprint density at radius 1 is 1.19 bits per heavy atom. The van der Waals surface area contributed by atoms with E-state index in [0.29, 0.717) is 5.56 Å². The standard InChI is InChI=1S/C10H12F3NO2/c1-9(15,6-16-14)7-2-4-8(5-3-7)10(11,12)13/h2-5,15H,6,14H2,1H3. The third-order valence-corrected chi connectivity index (χ3v) is 2.20. The van der Waals surface area contributed by atoms with Crippen LogP contribution in [0.15, 0.2) is 24.3 Å². The number of rotatable bonds is 3. The van der Waals surface area contributed by atoms with Crippen molar-refractivity contribution in [3.8, 4) is 0 Å². The van der Waals surface area contributed by atoms with Gasteiger partial charge in [0.25, 0.3) is 0 Å². The van der Waals surface area contributed by atoms with Crippen LogP contribution in [0.3, 0.4) is 0 Å². The van der Waals surface area contributed by atoms with Crippen molar-refractivity contribution < 1.29 is 23.1 Å². The molecule has 0 saturated carbocycles. The molecule has 1 aromatic rings. The van der Waals surface area contributed by atoms with E-state index in [9.17, 15) is 18.3 Å². The number of hydrogen-bond donors (Lipinski definition) is 2. The molecule has 0 fully saturated rings. The molecule has 0 aromatic heterocycles. The molecule has 1 atom stereocenters. The molecule has 6 heteroatoms. The zero-order chi connectivity index (χ0) is 12.4. The number of benzene rings is 1. The molecule has 16 heavy (non-hydrogen) atoms. The van der Waals surface area contributed by atoms with Crippen LogP contribution in [0.5, 0.6) is 0 Å². The van der Waals surface area contributed by atoms with Gasteiger partial charge in [0, 0.05) is 0 Å². The van der Waals surface area contributed by atoms with E-state index in [0.717, 1.165) is 12.1 Å². The largest absolute Gasteiger partial charge is 0.416 e. The smallest absolute Gasteiger partial charge is 0.383 e. The minimum Gasteiger partial charge on any atom is -0.383 e. The van der Waals surface area contributed by atoms with Crippen molar-refractivity contribution in [3.63, 3.8) is 0 Å². The van der Waals surface area contributed by atoms with Gasteiger partial charge in [0.05, 0.1) is 5.56 Å². The Labute approximate surface area is 90.6 Å². The number of aliphatic hydroxyl groups is 1. The van der Waals surface area contributed by atoms with Crippen molar-refractivity contribution in [3.05, 3.63) is 35.4 Å². The quantitative estimate of drug-likeness (QED) is 0.785. The zero-order valence-electron chi connectivity index (χ0n) is 8.58. The number of alkyl halides is 3. The molecule has 1 unspecified atom stereocenters. The van der Waals surface area contributed by atoms with Crippen LogP contribution in [0.2, 0.25) is 0 Å². The lowest BCUT2D eigenvalue weighted by atomic mass is 9.96. The van der Waals surface area contributed by atoms with Gasteiger partial charge in [-0.3, -0.25) is 0 Å². The predicted octanol–water partition coefficient (Wildman–Crippen LogP) is 1.80. The summed E-state index contributed by atoms with van der Waals surface area (Å²) in [6.45, 7) is 1.21. The first-order chi connectivity index (χ1) is 7.27. The van der Waals surface area contributed by atoms with Crippen molar-refractivity contribution >= 4 is 0 Å². The fourth-order valence-electron chi connectivity index (χ4n) is 1.26. The minimum atomic E-state index is -4.38. The van der Waals surface area contributed by atoms with Crippen LogP contribution in [0, 0.1) is 0 Å². The predicted molar refractivity (Wildman–Crippen MR) is 51.2 cm³/mol. The third-order valence-electron chi connectivity index (χ3n) is 2.20. The van der Waals surface area contributed by atoms with Gasteiger partial charge in [0.2, 0.25) is 0 Å². The molecule has 0 spiro atoms. The SMILES string of the molecule is CC(O)(CON)c1ccc(C(F)(F)F)cc1. The van der Waals surface area contributed by atoms with Gasteiger partial charge in [-0.15, -0.1) is 0 Å². The fourth-order valence-corrected chi connectivity index (χ4v) is 1.26. The zero-order valence-corrected chi connectivity index (χ0v) is 8.58. The van der Waals surface area contributed by atoms with Crippen molar-refractivity contribution in [2.45, 2.75) is 18.7 Å². The molecule has 0 aliphatic rings. The molecular formula is C10H12F3NO2. The van der Waals surface area contributed by atoms with Crippen LogP contribution in [0.4, 0.5) is 13.2 Å². The van der Waals surface area contributed by atoms with Gasteiger partial charge in [0.1, 0.15) is 12.2 Å². The maximum Gasteiger partial charge on any atom is 0.416 e. The molecule has 0 saturated heterocycles. The van der Waals surface area contributed by atoms with Crippen LogP contribution in [-0.2, 0) is 16.6 Å². The second-order valence-electron chi connectivity index (χ2n) is 3.66. The summed E-state index contributed by atoms with van der Waals surface area (Å²) in [5.41, 5.74) is -1.86. The topological polar surface area (TPSA) is 55.5 Å². The second-order valence-corrected chi connectivity index (χ2v) is 3.66. The summed E-state index contributed by atoms with van der Waals surface area (Å²) < 4.78 is 36.8. The van der Waals surface area contributed by atoms with Gasteiger partial charge >= 0.3 is 6.18 Å². The molecule has 0 aliphatic carbocycles. The molecule has 3 N–H and O–H groups in total. The van der Waals surface area contributed by atoms with E-state index < -0.39 is 17.3 Å². The number of halogens is 3. The van der Waals surface area contributed by atoms with Crippen molar-refractivity contribution in [2.24, 2.45) is 5.90 Å². The summed E-state index contributed by atoms with van der Waals surface area (Å²) in [6, 6.07) is 4.20. The van der Waals surface area contributed by atoms with Crippen molar-refractivity contribution in [1.29, 1.82) is 0 Å². The summed E-state index contributed by atoms with van der Waals surface area (Å²) in [4.78, 5) is 4.29. The third kappa shape index (κ3) is 2.94. The lowest BCUT2D eigenvalue weighted by molar-refractivity contribution is -0.137. The average molecular weight is 235 g/mol. The van der Waals surface area contributed by atoms with Crippen LogP contribution < -0.4 is 5.90 Å². The van der Waals surface area contributed by atoms with E-state index >= 15 is 0 Å². The molecule has 0 heterocycles. The molecular weight excluding hydrogens is 223 g/mol. The average Bonchev–Trinajstić information content (AvgIpc) is 2.16. The summed E-state index contributed by atoms with van der Waals surface area (Å²) in [5.74, 6) is 4.81. The molecule has 90 valence electrons. The van der Waals surface area contributed by atoms with Crippen LogP contribution in [0.25, 0.3) is 0 Å². The van der Waals surface area contributed by atoms with Crippen LogP contribution in [-0.4, -0.2) is 11.7 Å². The first-order valence-electron chi connectivity index (χ1n) is 4.49. The summed E-state index contributed by atoms with van der Waals surface area (Å²) in [6.07, 6.45) is -4.38. The van der Waals surface area contributed by atoms with E-state index in [1.807, 2.05) is 0 Å². The van der Waals surface area contributed by atoms with E-state index in [1.54, 1.807) is 0 Å². The molecule has 3 nitrogen and oxygen atoms in total. The number of nitrogens with two attached hydrogens (primary N) is 1. The van der Waals surface area contributed by atoms with Gasteiger partial charge in [-0.2, -0.15) is 13.2 Å². The highest BCUT2D eigenvalue weighted by molar-refractivity contribution is 5.28. The lowest BCUT2D eigenvalue weighted by Gasteiger charge is -2.22. The summed E-state index contributed by atoms with van der Waals surface area (Å²) >= 11 is 0. The Balaban J connectivity index is 2.95. The summed E-state index contributed by atoms with van der Waals surface area (Å²) in [5, 5.41) is 9.79. The fraction of sp³-hybridized carbons (Fsp3) is 0.400. The van der Waals surface area contributed by atoms with E-state index in [-0.39, 0.29) is 6.61 Å². The van der Waals surface area contributed by atoms with Gasteiger partial charge < -0.3 is 9.94 Å². The Morgan fingerprint density at radius 3 is 2.00 bits per heavy atom. The highest BCUT2D eigenvalue weighted by Gasteiger charge is 2.31. The van der Waals surface area contributed by atoms with Crippen LogP contribution in [0.1, 0.15) is 18.1 Å². The molecule has 0 radical (unpaired) electrons. The van der Waals surface area contributed by atoms with E-state index in [4.69, 9.17) is 5.90 Å². The maximum absolute atomic E-state index is 12.3. The first-order valence-corrected chi connectivity index (χ1v) is 4.49. The normalized spacial score (nSPS) is 15.9. The van der Waals surface area contributed by atoms with E-state index in [2.05, 4.69) is 4.84 Å². The van der Waals surface area contributed by atoms with E-state index in [1.165, 1.54) is 19.1 Å². The van der Waals surface area contributed by atoms with Crippen molar-refractivity contribution in [1.82, 2.24) is 0 Å². The first kappa shape index (κ1) is 13.0. The number of hydrogen-bond acceptors (Lipinski definition) is 3. The highest BCUT2D eigenvalue weighted by atomic mass is 19.4. The van der Waals surface area contributed by atoms with Gasteiger partial charge in [-0.25, -0.2) is 5.90 Å². The molecule has 0 bridgehead atoms. The van der Waals surface area contributed by atoms with Gasteiger partial charge in [0.15, 0.2) is 0 Å². The monoisotopic (exact) mass is 235 g/mol. The Bertz CT molecular complexity index is 346. The molecule has 1 aromatic carbocycles. The minimum absolute atomic E-state index is 0.196. The van der Waals surface area contributed by atoms with Crippen molar-refractivity contribution in [2.75, 3.05) is 6.61 Å². The Morgan fingerprint density at radius 2 is 1.62 bits per heavy atom. The van der Waals surface area contributed by atoms with Crippen LogP contribution >= 0.6 is 0 Å². The van der Waals surface area contributed by atoms with Gasteiger partial charge in [-0.05, 0) is 24.6 Å². The summed E-state index contributed by atoms with van der Waals surface area (Å²) in [7, 11) is 0. The maximum atomic E-state index is 12.3.